The van der Waals surface area contributed by atoms with Gasteiger partial charge in [0.1, 0.15) is 5.75 Å². The fourth-order valence-corrected chi connectivity index (χ4v) is 3.39. The summed E-state index contributed by atoms with van der Waals surface area (Å²) < 4.78 is 5.39. The molecule has 25 heavy (non-hydrogen) atoms. The molecule has 0 aromatic heterocycles. The number of benzene rings is 2. The lowest BCUT2D eigenvalue weighted by atomic mass is 9.99. The Morgan fingerprint density at radius 3 is 2.48 bits per heavy atom. The molecule has 0 saturated carbocycles. The maximum absolute atomic E-state index is 10.9. The van der Waals surface area contributed by atoms with Gasteiger partial charge in [0.25, 0.3) is 5.91 Å². The molecule has 0 radical (unpaired) electrons. The SMILES string of the molecule is C[C@H](c1ccc(-c2cccc(OCC(N)=O)c2)cc1)N1CCCCC1. The Kier molecular flexibility index (Phi) is 5.71. The van der Waals surface area contributed by atoms with Crippen LogP contribution in [0, 0.1) is 0 Å². The third kappa shape index (κ3) is 4.60. The fraction of sp³-hybridized carbons (Fsp3) is 0.381. The first-order chi connectivity index (χ1) is 12.1. The molecule has 0 spiro atoms. The van der Waals surface area contributed by atoms with E-state index in [4.69, 9.17) is 10.5 Å². The third-order valence-corrected chi connectivity index (χ3v) is 4.88. The van der Waals surface area contributed by atoms with Crippen LogP contribution in [0.5, 0.6) is 5.75 Å². The van der Waals surface area contributed by atoms with Crippen molar-refractivity contribution in [3.05, 3.63) is 54.1 Å². The highest BCUT2D eigenvalue weighted by atomic mass is 16.5. The summed E-state index contributed by atoms with van der Waals surface area (Å²) in [5.41, 5.74) is 8.69. The number of carbonyl (C=O) groups is 1. The molecular weight excluding hydrogens is 312 g/mol. The van der Waals surface area contributed by atoms with Gasteiger partial charge in [-0.1, -0.05) is 42.8 Å². The van der Waals surface area contributed by atoms with Gasteiger partial charge >= 0.3 is 0 Å². The van der Waals surface area contributed by atoms with Gasteiger partial charge in [0.15, 0.2) is 6.61 Å². The summed E-state index contributed by atoms with van der Waals surface area (Å²) >= 11 is 0. The number of nitrogens with zero attached hydrogens (tertiary/aromatic N) is 1. The highest BCUT2D eigenvalue weighted by Gasteiger charge is 2.17. The van der Waals surface area contributed by atoms with E-state index < -0.39 is 5.91 Å². The second-order valence-electron chi connectivity index (χ2n) is 6.68. The Morgan fingerprint density at radius 2 is 1.80 bits per heavy atom. The zero-order valence-electron chi connectivity index (χ0n) is 14.8. The Labute approximate surface area is 149 Å². The molecule has 2 N–H and O–H groups in total. The number of carbonyl (C=O) groups excluding carboxylic acids is 1. The number of nitrogens with two attached hydrogens (primary N) is 1. The first-order valence-electron chi connectivity index (χ1n) is 8.99. The molecule has 3 rings (SSSR count). The highest BCUT2D eigenvalue weighted by molar-refractivity contribution is 5.75. The van der Waals surface area contributed by atoms with Crippen molar-refractivity contribution in [2.45, 2.75) is 32.2 Å². The van der Waals surface area contributed by atoms with Crippen LogP contribution in [-0.4, -0.2) is 30.5 Å². The molecule has 1 aliphatic heterocycles. The van der Waals surface area contributed by atoms with E-state index in [9.17, 15) is 4.79 Å². The van der Waals surface area contributed by atoms with Gasteiger partial charge in [-0.05, 0) is 61.7 Å². The molecule has 1 aliphatic rings. The number of hydrogen-bond donors (Lipinski definition) is 1. The van der Waals surface area contributed by atoms with Gasteiger partial charge in [0, 0.05) is 6.04 Å². The van der Waals surface area contributed by atoms with Gasteiger partial charge in [-0.15, -0.1) is 0 Å². The zero-order valence-corrected chi connectivity index (χ0v) is 14.8. The van der Waals surface area contributed by atoms with Crippen molar-refractivity contribution < 1.29 is 9.53 Å². The molecule has 4 heteroatoms. The van der Waals surface area contributed by atoms with Gasteiger partial charge in [0.05, 0.1) is 0 Å². The van der Waals surface area contributed by atoms with Crippen molar-refractivity contribution in [3.63, 3.8) is 0 Å². The number of amides is 1. The second kappa shape index (κ2) is 8.17. The largest absolute Gasteiger partial charge is 0.484 e. The lowest BCUT2D eigenvalue weighted by molar-refractivity contribution is -0.119. The van der Waals surface area contributed by atoms with Crippen LogP contribution >= 0.6 is 0 Å². The minimum atomic E-state index is -0.471. The minimum absolute atomic E-state index is 0.101. The van der Waals surface area contributed by atoms with E-state index >= 15 is 0 Å². The predicted octanol–water partition coefficient (Wildman–Crippen LogP) is 3.76. The number of primary amides is 1. The van der Waals surface area contributed by atoms with Crippen molar-refractivity contribution >= 4 is 5.91 Å². The van der Waals surface area contributed by atoms with Crippen LogP contribution in [0.2, 0.25) is 0 Å². The summed E-state index contributed by atoms with van der Waals surface area (Å²) in [7, 11) is 0. The van der Waals surface area contributed by atoms with Crippen molar-refractivity contribution in [3.8, 4) is 16.9 Å². The predicted molar refractivity (Wildman–Crippen MR) is 100 cm³/mol. The van der Waals surface area contributed by atoms with Crippen LogP contribution in [-0.2, 0) is 4.79 Å². The molecule has 0 unspecified atom stereocenters. The number of rotatable bonds is 6. The maximum atomic E-state index is 10.9. The molecule has 1 amide bonds. The molecule has 132 valence electrons. The normalized spacial score (nSPS) is 16.4. The van der Waals surface area contributed by atoms with Gasteiger partial charge in [-0.25, -0.2) is 0 Å². The van der Waals surface area contributed by atoms with E-state index in [1.807, 2.05) is 24.3 Å². The van der Waals surface area contributed by atoms with E-state index in [0.29, 0.717) is 11.8 Å². The Balaban J connectivity index is 1.71. The minimum Gasteiger partial charge on any atom is -0.484 e. The number of piperidine rings is 1. The lowest BCUT2D eigenvalue weighted by Gasteiger charge is -2.32. The van der Waals surface area contributed by atoms with Crippen LogP contribution in [0.1, 0.15) is 37.8 Å². The maximum Gasteiger partial charge on any atom is 0.255 e. The van der Waals surface area contributed by atoms with E-state index in [2.05, 4.69) is 36.1 Å². The smallest absolute Gasteiger partial charge is 0.255 e. The Morgan fingerprint density at radius 1 is 1.08 bits per heavy atom. The molecule has 0 bridgehead atoms. The van der Waals surface area contributed by atoms with Crippen molar-refractivity contribution in [2.24, 2.45) is 5.73 Å². The Hall–Kier alpha value is -2.33. The molecule has 1 heterocycles. The Bertz CT molecular complexity index is 706. The summed E-state index contributed by atoms with van der Waals surface area (Å²) in [6.07, 6.45) is 3.97. The third-order valence-electron chi connectivity index (χ3n) is 4.88. The van der Waals surface area contributed by atoms with Crippen molar-refractivity contribution in [2.75, 3.05) is 19.7 Å². The summed E-state index contributed by atoms with van der Waals surface area (Å²) in [6.45, 7) is 4.58. The molecule has 2 aromatic carbocycles. The molecule has 1 fully saturated rings. The van der Waals surface area contributed by atoms with Crippen LogP contribution < -0.4 is 10.5 Å². The molecule has 2 aromatic rings. The number of ether oxygens (including phenoxy) is 1. The second-order valence-corrected chi connectivity index (χ2v) is 6.68. The summed E-state index contributed by atoms with van der Waals surface area (Å²) in [5.74, 6) is 0.184. The van der Waals surface area contributed by atoms with Crippen LogP contribution in [0.25, 0.3) is 11.1 Å². The van der Waals surface area contributed by atoms with E-state index in [1.54, 1.807) is 0 Å². The van der Waals surface area contributed by atoms with E-state index in [1.165, 1.54) is 37.9 Å². The highest BCUT2D eigenvalue weighted by Crippen LogP contribution is 2.28. The van der Waals surface area contributed by atoms with Gasteiger partial charge in [-0.3, -0.25) is 9.69 Å². The topological polar surface area (TPSA) is 55.6 Å². The van der Waals surface area contributed by atoms with E-state index in [-0.39, 0.29) is 6.61 Å². The van der Waals surface area contributed by atoms with Crippen LogP contribution in [0.15, 0.2) is 48.5 Å². The summed E-state index contributed by atoms with van der Waals surface area (Å²) in [6, 6.07) is 16.9. The molecule has 1 saturated heterocycles. The van der Waals surface area contributed by atoms with Gasteiger partial charge < -0.3 is 10.5 Å². The molecular formula is C21H26N2O2. The molecule has 1 atom stereocenters. The monoisotopic (exact) mass is 338 g/mol. The van der Waals surface area contributed by atoms with Gasteiger partial charge in [0.2, 0.25) is 0 Å². The first kappa shape index (κ1) is 17.5. The summed E-state index contributed by atoms with van der Waals surface area (Å²) in [5, 5.41) is 0. The average molecular weight is 338 g/mol. The number of likely N-dealkylation sites (tertiary alicyclic amines) is 1. The number of hydrogen-bond acceptors (Lipinski definition) is 3. The van der Waals surface area contributed by atoms with E-state index in [0.717, 1.165) is 11.1 Å². The quantitative estimate of drug-likeness (QED) is 0.872. The summed E-state index contributed by atoms with van der Waals surface area (Å²) in [4.78, 5) is 13.4. The lowest BCUT2D eigenvalue weighted by Crippen LogP contribution is -2.32. The van der Waals surface area contributed by atoms with Crippen LogP contribution in [0.4, 0.5) is 0 Å². The van der Waals surface area contributed by atoms with Crippen molar-refractivity contribution in [1.29, 1.82) is 0 Å². The first-order valence-corrected chi connectivity index (χ1v) is 8.99. The van der Waals surface area contributed by atoms with Crippen LogP contribution in [0.3, 0.4) is 0 Å². The zero-order chi connectivity index (χ0) is 17.6. The molecule has 0 aliphatic carbocycles. The van der Waals surface area contributed by atoms with Gasteiger partial charge in [-0.2, -0.15) is 0 Å². The average Bonchev–Trinajstić information content (AvgIpc) is 2.67. The standard InChI is InChI=1S/C21H26N2O2/c1-16(23-12-3-2-4-13-23)17-8-10-18(11-9-17)19-6-5-7-20(14-19)25-15-21(22)24/h5-11,14,16H,2-4,12-13,15H2,1H3,(H2,22,24)/t16-/m1/s1. The molecule has 4 nitrogen and oxygen atoms in total. The van der Waals surface area contributed by atoms with Crippen molar-refractivity contribution in [1.82, 2.24) is 4.90 Å². The fourth-order valence-electron chi connectivity index (χ4n) is 3.39.